The second-order valence-corrected chi connectivity index (χ2v) is 6.22. The minimum absolute atomic E-state index is 0.181. The number of fused-ring (bicyclic) bond motifs is 1. The number of hydrogen-bond donors (Lipinski definition) is 2. The third kappa shape index (κ3) is 3.12. The van der Waals surface area contributed by atoms with Crippen molar-refractivity contribution in [2.45, 2.75) is 25.8 Å². The fourth-order valence-corrected chi connectivity index (χ4v) is 3.25. The molecule has 2 N–H and O–H groups in total. The highest BCUT2D eigenvalue weighted by molar-refractivity contribution is 6.06. The minimum atomic E-state index is -0.334. The molecule has 8 heteroatoms. The second kappa shape index (κ2) is 6.64. The summed E-state index contributed by atoms with van der Waals surface area (Å²) in [4.78, 5) is 17.2. The fourth-order valence-electron chi connectivity index (χ4n) is 3.25. The predicted octanol–water partition coefficient (Wildman–Crippen LogP) is 2.15. The fraction of sp³-hybridized carbons (Fsp3) is 0.412. The summed E-state index contributed by atoms with van der Waals surface area (Å²) in [6.45, 7) is 3.10. The Morgan fingerprint density at radius 2 is 2.20 bits per heavy atom. The smallest absolute Gasteiger partial charge is 0.252 e. The van der Waals surface area contributed by atoms with Gasteiger partial charge >= 0.3 is 0 Å². The van der Waals surface area contributed by atoms with E-state index < -0.39 is 0 Å². The summed E-state index contributed by atoms with van der Waals surface area (Å²) in [5.74, 6) is 1.01. The topological polar surface area (TPSA) is 106 Å². The molecule has 1 aliphatic rings. The predicted molar refractivity (Wildman–Crippen MR) is 88.9 cm³/mol. The van der Waals surface area contributed by atoms with E-state index in [1.807, 2.05) is 12.1 Å². The zero-order valence-corrected chi connectivity index (χ0v) is 13.9. The molecule has 4 rings (SSSR count). The first-order valence-electron chi connectivity index (χ1n) is 8.33. The molecule has 0 spiro atoms. The van der Waals surface area contributed by atoms with E-state index in [1.165, 1.54) is 0 Å². The maximum atomic E-state index is 12.9. The van der Waals surface area contributed by atoms with Gasteiger partial charge in [0, 0.05) is 18.6 Å². The number of nitrogens with zero attached hydrogens (tertiary/aromatic N) is 3. The van der Waals surface area contributed by atoms with Crippen molar-refractivity contribution in [3.8, 4) is 0 Å². The van der Waals surface area contributed by atoms with Crippen LogP contribution in [0.15, 0.2) is 28.9 Å². The quantitative estimate of drug-likeness (QED) is 0.753. The van der Waals surface area contributed by atoms with Crippen molar-refractivity contribution in [1.29, 1.82) is 0 Å². The average Bonchev–Trinajstić information content (AvgIpc) is 3.28. The van der Waals surface area contributed by atoms with Crippen LogP contribution in [0.25, 0.3) is 10.9 Å². The molecule has 1 atom stereocenters. The summed E-state index contributed by atoms with van der Waals surface area (Å²) in [6.07, 6.45) is 3.33. The van der Waals surface area contributed by atoms with Crippen LogP contribution in [-0.2, 0) is 4.74 Å². The molecule has 130 valence electrons. The van der Waals surface area contributed by atoms with Gasteiger partial charge < -0.3 is 14.6 Å². The van der Waals surface area contributed by atoms with Crippen LogP contribution in [0.1, 0.15) is 41.0 Å². The molecule has 0 aliphatic carbocycles. The van der Waals surface area contributed by atoms with Crippen molar-refractivity contribution in [3.05, 3.63) is 41.7 Å². The van der Waals surface area contributed by atoms with Crippen LogP contribution >= 0.6 is 0 Å². The van der Waals surface area contributed by atoms with Crippen LogP contribution in [0.3, 0.4) is 0 Å². The molecule has 1 aromatic carbocycles. The van der Waals surface area contributed by atoms with Crippen molar-refractivity contribution >= 4 is 16.8 Å². The first-order chi connectivity index (χ1) is 12.2. The Bertz CT molecular complexity index is 881. The Hall–Kier alpha value is -2.74. The van der Waals surface area contributed by atoms with E-state index in [0.29, 0.717) is 30.5 Å². The minimum Gasteiger partial charge on any atom is -0.381 e. The number of nitrogens with one attached hydrogen (secondary N) is 2. The zero-order valence-electron chi connectivity index (χ0n) is 13.9. The number of aromatic amines is 1. The highest BCUT2D eigenvalue weighted by Gasteiger charge is 2.31. The normalized spacial score (nSPS) is 16.8. The summed E-state index contributed by atoms with van der Waals surface area (Å²) in [7, 11) is 0. The lowest BCUT2D eigenvalue weighted by atomic mass is 9.91. The molecule has 8 nitrogen and oxygen atoms in total. The molecule has 0 unspecified atom stereocenters. The molecule has 1 aliphatic heterocycles. The van der Waals surface area contributed by atoms with Crippen LogP contribution in [-0.4, -0.2) is 39.5 Å². The number of amides is 1. The van der Waals surface area contributed by atoms with Gasteiger partial charge in [-0.15, -0.1) is 0 Å². The molecule has 1 fully saturated rings. The van der Waals surface area contributed by atoms with Crippen LogP contribution in [0, 0.1) is 12.8 Å². The standard InChI is InChI=1S/C17H19N5O3/c1-10-19-17(25-22-10)15(11-5-7-24-8-6-11)20-16(23)12-3-2-4-14-13(12)9-18-21-14/h2-4,9,11,15H,5-8H2,1H3,(H,18,21)(H,20,23)/t15-/m1/s1. The van der Waals surface area contributed by atoms with Gasteiger partial charge in [0.2, 0.25) is 5.89 Å². The molecule has 1 amide bonds. The van der Waals surface area contributed by atoms with Crippen LogP contribution in [0.2, 0.25) is 0 Å². The lowest BCUT2D eigenvalue weighted by molar-refractivity contribution is 0.0468. The number of rotatable bonds is 4. The number of aryl methyl sites for hydroxylation is 1. The summed E-state index contributed by atoms with van der Waals surface area (Å²) >= 11 is 0. The van der Waals surface area contributed by atoms with Gasteiger partial charge in [-0.1, -0.05) is 11.2 Å². The number of ether oxygens (including phenoxy) is 1. The highest BCUT2D eigenvalue weighted by Crippen LogP contribution is 2.30. The maximum Gasteiger partial charge on any atom is 0.252 e. The number of carbonyl (C=O) groups is 1. The van der Waals surface area contributed by atoms with Crippen molar-refractivity contribution in [2.75, 3.05) is 13.2 Å². The molecule has 0 bridgehead atoms. The first kappa shape index (κ1) is 15.8. The number of H-pyrrole nitrogens is 1. The highest BCUT2D eigenvalue weighted by atomic mass is 16.5. The molecular weight excluding hydrogens is 322 g/mol. The second-order valence-electron chi connectivity index (χ2n) is 6.22. The molecule has 1 saturated heterocycles. The maximum absolute atomic E-state index is 12.9. The monoisotopic (exact) mass is 341 g/mol. The van der Waals surface area contributed by atoms with Gasteiger partial charge in [0.25, 0.3) is 5.91 Å². The van der Waals surface area contributed by atoms with E-state index in [9.17, 15) is 4.79 Å². The van der Waals surface area contributed by atoms with Gasteiger partial charge in [0.05, 0.1) is 17.3 Å². The SMILES string of the molecule is Cc1noc([C@H](NC(=O)c2cccc3[nH]ncc23)C2CCOCC2)n1. The van der Waals surface area contributed by atoms with Gasteiger partial charge in [-0.25, -0.2) is 0 Å². The lowest BCUT2D eigenvalue weighted by Gasteiger charge is -2.28. The van der Waals surface area contributed by atoms with Crippen LogP contribution in [0.5, 0.6) is 0 Å². The third-order valence-corrected chi connectivity index (χ3v) is 4.56. The molecule has 0 radical (unpaired) electrons. The van der Waals surface area contributed by atoms with Crippen molar-refractivity contribution in [1.82, 2.24) is 25.7 Å². The Morgan fingerprint density at radius 1 is 1.36 bits per heavy atom. The number of carbonyl (C=O) groups excluding carboxylic acids is 1. The Balaban J connectivity index is 1.63. The van der Waals surface area contributed by atoms with E-state index in [4.69, 9.17) is 9.26 Å². The molecule has 3 heterocycles. The molecule has 3 aromatic rings. The largest absolute Gasteiger partial charge is 0.381 e. The van der Waals surface area contributed by atoms with Crippen molar-refractivity contribution in [3.63, 3.8) is 0 Å². The van der Waals surface area contributed by atoms with Gasteiger partial charge in [-0.2, -0.15) is 10.1 Å². The summed E-state index contributed by atoms with van der Waals surface area (Å²) in [5.41, 5.74) is 1.39. The molecular formula is C17H19N5O3. The number of benzene rings is 1. The molecule has 0 saturated carbocycles. The van der Waals surface area contributed by atoms with Crippen LogP contribution in [0.4, 0.5) is 0 Å². The van der Waals surface area contributed by atoms with E-state index in [-0.39, 0.29) is 17.9 Å². The zero-order chi connectivity index (χ0) is 17.2. The van der Waals surface area contributed by atoms with Gasteiger partial charge in [0.15, 0.2) is 5.82 Å². The van der Waals surface area contributed by atoms with Gasteiger partial charge in [0.1, 0.15) is 6.04 Å². The van der Waals surface area contributed by atoms with E-state index in [0.717, 1.165) is 23.7 Å². The van der Waals surface area contributed by atoms with Crippen molar-refractivity contribution in [2.24, 2.45) is 5.92 Å². The Labute approximate surface area is 143 Å². The average molecular weight is 341 g/mol. The Kier molecular flexibility index (Phi) is 4.19. The van der Waals surface area contributed by atoms with Gasteiger partial charge in [-0.3, -0.25) is 9.89 Å². The molecule has 25 heavy (non-hydrogen) atoms. The number of aromatic nitrogens is 4. The van der Waals surface area contributed by atoms with Crippen LogP contribution < -0.4 is 5.32 Å². The third-order valence-electron chi connectivity index (χ3n) is 4.56. The molecule has 2 aromatic heterocycles. The summed E-state index contributed by atoms with van der Waals surface area (Å²) in [5, 5.41) is 14.6. The lowest BCUT2D eigenvalue weighted by Crippen LogP contribution is -2.36. The van der Waals surface area contributed by atoms with E-state index >= 15 is 0 Å². The number of hydrogen-bond acceptors (Lipinski definition) is 6. The first-order valence-corrected chi connectivity index (χ1v) is 8.33. The Morgan fingerprint density at radius 3 is 2.96 bits per heavy atom. The summed E-state index contributed by atoms with van der Waals surface area (Å²) < 4.78 is 10.8. The summed E-state index contributed by atoms with van der Waals surface area (Å²) in [6, 6.07) is 5.17. The van der Waals surface area contributed by atoms with Crippen molar-refractivity contribution < 1.29 is 14.1 Å². The van der Waals surface area contributed by atoms with E-state index in [1.54, 1.807) is 19.2 Å². The van der Waals surface area contributed by atoms with E-state index in [2.05, 4.69) is 25.7 Å². The van der Waals surface area contributed by atoms with Gasteiger partial charge in [-0.05, 0) is 37.8 Å².